The van der Waals surface area contributed by atoms with Crippen molar-refractivity contribution in [2.45, 2.75) is 13.3 Å². The summed E-state index contributed by atoms with van der Waals surface area (Å²) in [6.45, 7) is 2.07. The third kappa shape index (κ3) is 1.89. The normalized spacial score (nSPS) is 11.2. The number of hydrogen-bond acceptors (Lipinski definition) is 5. The van der Waals surface area contributed by atoms with Gasteiger partial charge in [-0.3, -0.25) is 0 Å². The molecule has 18 heavy (non-hydrogen) atoms. The Morgan fingerprint density at radius 2 is 2.28 bits per heavy atom. The molecule has 0 spiro atoms. The average Bonchev–Trinajstić information content (AvgIpc) is 2.93. The maximum absolute atomic E-state index is 9.00. The van der Waals surface area contributed by atoms with E-state index in [0.29, 0.717) is 6.42 Å². The van der Waals surface area contributed by atoms with E-state index >= 15 is 0 Å². The molecule has 0 radical (unpaired) electrons. The smallest absolute Gasteiger partial charge is 0.138 e. The van der Waals surface area contributed by atoms with Crippen molar-refractivity contribution in [1.82, 2.24) is 19.7 Å². The second-order valence-electron chi connectivity index (χ2n) is 3.95. The summed E-state index contributed by atoms with van der Waals surface area (Å²) in [5.41, 5.74) is 1.96. The lowest BCUT2D eigenvalue weighted by molar-refractivity contribution is 0.295. The quantitative estimate of drug-likeness (QED) is 0.778. The highest BCUT2D eigenvalue weighted by atomic mass is 32.1. The van der Waals surface area contributed by atoms with Gasteiger partial charge in [-0.05, 0) is 25.1 Å². The van der Waals surface area contributed by atoms with Crippen LogP contribution in [0.5, 0.6) is 0 Å². The van der Waals surface area contributed by atoms with E-state index in [1.807, 2.05) is 19.1 Å². The molecule has 0 bridgehead atoms. The summed E-state index contributed by atoms with van der Waals surface area (Å²) in [5.74, 6) is 0.762. The Labute approximate surface area is 108 Å². The maximum atomic E-state index is 9.00. The molecule has 0 saturated carbocycles. The van der Waals surface area contributed by atoms with Crippen LogP contribution in [0.25, 0.3) is 15.9 Å². The molecule has 1 aromatic carbocycles. The Morgan fingerprint density at radius 1 is 1.39 bits per heavy atom. The molecule has 0 saturated heterocycles. The van der Waals surface area contributed by atoms with Gasteiger partial charge in [0.05, 0.1) is 27.5 Å². The largest absolute Gasteiger partial charge is 0.396 e. The van der Waals surface area contributed by atoms with Gasteiger partial charge in [-0.25, -0.2) is 14.6 Å². The fraction of sp³-hybridized carbons (Fsp3) is 0.250. The van der Waals surface area contributed by atoms with Crippen LogP contribution in [0.4, 0.5) is 0 Å². The Hall–Kier alpha value is -1.79. The predicted molar refractivity (Wildman–Crippen MR) is 70.1 cm³/mol. The summed E-state index contributed by atoms with van der Waals surface area (Å²) in [7, 11) is 0. The third-order valence-corrected chi connectivity index (χ3v) is 3.61. The Morgan fingerprint density at radius 3 is 3.11 bits per heavy atom. The van der Waals surface area contributed by atoms with E-state index in [1.165, 1.54) is 6.33 Å². The fourth-order valence-electron chi connectivity index (χ4n) is 1.91. The predicted octanol–water partition coefficient (Wildman–Crippen LogP) is 1.72. The maximum Gasteiger partial charge on any atom is 0.138 e. The molecule has 6 heteroatoms. The molecule has 2 aromatic heterocycles. The van der Waals surface area contributed by atoms with Crippen molar-refractivity contribution >= 4 is 21.6 Å². The first-order chi connectivity index (χ1) is 8.78. The lowest BCUT2D eigenvalue weighted by Gasteiger charge is -2.04. The Balaban J connectivity index is 2.10. The Bertz CT molecular complexity index is 688. The van der Waals surface area contributed by atoms with Crippen molar-refractivity contribution in [2.24, 2.45) is 0 Å². The van der Waals surface area contributed by atoms with E-state index in [-0.39, 0.29) is 6.61 Å². The van der Waals surface area contributed by atoms with Gasteiger partial charge in [-0.2, -0.15) is 5.10 Å². The van der Waals surface area contributed by atoms with Crippen molar-refractivity contribution in [2.75, 3.05) is 6.61 Å². The van der Waals surface area contributed by atoms with E-state index < -0.39 is 0 Å². The van der Waals surface area contributed by atoms with Crippen molar-refractivity contribution < 1.29 is 5.11 Å². The molecule has 92 valence electrons. The van der Waals surface area contributed by atoms with E-state index in [2.05, 4.69) is 21.1 Å². The number of aliphatic hydroxyl groups is 1. The minimum absolute atomic E-state index is 0.0700. The van der Waals surface area contributed by atoms with Crippen LogP contribution in [0.3, 0.4) is 0 Å². The first kappa shape index (κ1) is 11.3. The van der Waals surface area contributed by atoms with Gasteiger partial charge in [0.25, 0.3) is 0 Å². The molecule has 0 amide bonds. The lowest BCUT2D eigenvalue weighted by Crippen LogP contribution is -2.04. The molecule has 0 unspecified atom stereocenters. The van der Waals surface area contributed by atoms with Crippen molar-refractivity contribution in [1.29, 1.82) is 0 Å². The van der Waals surface area contributed by atoms with Crippen LogP contribution in [0.2, 0.25) is 0 Å². The highest BCUT2D eigenvalue weighted by Crippen LogP contribution is 2.24. The number of aliphatic hydroxyl groups excluding tert-OH is 1. The van der Waals surface area contributed by atoms with Gasteiger partial charge in [0.2, 0.25) is 0 Å². The van der Waals surface area contributed by atoms with Gasteiger partial charge in [0.15, 0.2) is 0 Å². The molecule has 0 fully saturated rings. The molecule has 0 aliphatic carbocycles. The van der Waals surface area contributed by atoms with Crippen LogP contribution >= 0.6 is 11.3 Å². The molecule has 3 rings (SSSR count). The van der Waals surface area contributed by atoms with Crippen LogP contribution in [0.1, 0.15) is 10.8 Å². The van der Waals surface area contributed by atoms with Crippen LogP contribution in [0.15, 0.2) is 24.5 Å². The number of aromatic nitrogens is 4. The highest BCUT2D eigenvalue weighted by Gasteiger charge is 2.08. The molecule has 5 nitrogen and oxygen atoms in total. The topological polar surface area (TPSA) is 63.8 Å². The summed E-state index contributed by atoms with van der Waals surface area (Å²) in [4.78, 5) is 8.57. The van der Waals surface area contributed by atoms with Crippen molar-refractivity contribution in [3.05, 3.63) is 35.4 Å². The summed E-state index contributed by atoms with van der Waals surface area (Å²) < 4.78 is 2.89. The zero-order valence-electron chi connectivity index (χ0n) is 9.87. The monoisotopic (exact) mass is 260 g/mol. The van der Waals surface area contributed by atoms with Crippen LogP contribution in [-0.4, -0.2) is 31.5 Å². The van der Waals surface area contributed by atoms with E-state index in [4.69, 9.17) is 5.11 Å². The first-order valence-corrected chi connectivity index (χ1v) is 6.47. The van der Waals surface area contributed by atoms with Gasteiger partial charge >= 0.3 is 0 Å². The number of aryl methyl sites for hydroxylation is 1. The summed E-state index contributed by atoms with van der Waals surface area (Å²) in [5, 5.41) is 14.2. The number of hydrogen-bond donors (Lipinski definition) is 1. The molecule has 0 aliphatic rings. The second-order valence-corrected chi connectivity index (χ2v) is 5.18. The third-order valence-electron chi connectivity index (χ3n) is 2.68. The summed E-state index contributed by atoms with van der Waals surface area (Å²) in [6.07, 6.45) is 2.01. The number of fused-ring (bicyclic) bond motifs is 1. The molecule has 3 aromatic rings. The van der Waals surface area contributed by atoms with Crippen LogP contribution in [-0.2, 0) is 6.42 Å². The van der Waals surface area contributed by atoms with Gasteiger partial charge in [0.1, 0.15) is 12.2 Å². The van der Waals surface area contributed by atoms with Gasteiger partial charge in [0, 0.05) is 6.42 Å². The first-order valence-electron chi connectivity index (χ1n) is 5.65. The highest BCUT2D eigenvalue weighted by molar-refractivity contribution is 7.18. The van der Waals surface area contributed by atoms with E-state index in [1.54, 1.807) is 16.0 Å². The lowest BCUT2D eigenvalue weighted by atomic mass is 10.3. The number of thiazole rings is 1. The minimum atomic E-state index is 0.0700. The fourth-order valence-corrected chi connectivity index (χ4v) is 2.77. The van der Waals surface area contributed by atoms with Crippen LogP contribution < -0.4 is 0 Å². The SMILES string of the molecule is Cc1nc2ccc(-n3ncnc3CCO)cc2s1. The molecule has 2 heterocycles. The minimum Gasteiger partial charge on any atom is -0.396 e. The Kier molecular flexibility index (Phi) is 2.81. The van der Waals surface area contributed by atoms with Gasteiger partial charge in [-0.15, -0.1) is 11.3 Å². The standard InChI is InChI=1S/C12H12N4OS/c1-8-15-10-3-2-9(6-11(10)18-8)16-12(4-5-17)13-7-14-16/h2-3,6-7,17H,4-5H2,1H3. The van der Waals surface area contributed by atoms with E-state index in [0.717, 1.165) is 26.7 Å². The van der Waals surface area contributed by atoms with Gasteiger partial charge in [-0.1, -0.05) is 0 Å². The second kappa shape index (κ2) is 4.47. The molecular formula is C12H12N4OS. The molecule has 0 aliphatic heterocycles. The number of benzene rings is 1. The summed E-state index contributed by atoms with van der Waals surface area (Å²) >= 11 is 1.66. The zero-order valence-corrected chi connectivity index (χ0v) is 10.7. The molecule has 1 N–H and O–H groups in total. The molecular weight excluding hydrogens is 248 g/mol. The number of rotatable bonds is 3. The molecule has 0 atom stereocenters. The van der Waals surface area contributed by atoms with Crippen molar-refractivity contribution in [3.63, 3.8) is 0 Å². The average molecular weight is 260 g/mol. The van der Waals surface area contributed by atoms with Crippen molar-refractivity contribution in [3.8, 4) is 5.69 Å². The van der Waals surface area contributed by atoms with Gasteiger partial charge < -0.3 is 5.11 Å². The van der Waals surface area contributed by atoms with E-state index in [9.17, 15) is 0 Å². The van der Waals surface area contributed by atoms with Crippen LogP contribution in [0, 0.1) is 6.92 Å². The number of nitrogens with zero attached hydrogens (tertiary/aromatic N) is 4. The zero-order chi connectivity index (χ0) is 12.5. The summed E-state index contributed by atoms with van der Waals surface area (Å²) in [6, 6.07) is 6.01.